The van der Waals surface area contributed by atoms with E-state index in [1.807, 2.05) is 0 Å². The van der Waals surface area contributed by atoms with Crippen LogP contribution in [-0.4, -0.2) is 62.0 Å². The zero-order valence-electron chi connectivity index (χ0n) is 14.2. The predicted molar refractivity (Wildman–Crippen MR) is 86.8 cm³/mol. The van der Waals surface area contributed by atoms with Gasteiger partial charge < -0.3 is 14.8 Å². The third kappa shape index (κ3) is 4.41. The fourth-order valence-electron chi connectivity index (χ4n) is 3.89. The lowest BCUT2D eigenvalue weighted by Gasteiger charge is -2.48. The standard InChI is InChI=1S/C17H34N2O2/c1-4-9-18-16(14-21-15(2)3)17(7-5-6-8-17)19-10-12-20-13-11-19/h15-16,18H,4-14H2,1-3H3. The molecular weight excluding hydrogens is 264 g/mol. The Morgan fingerprint density at radius 1 is 1.19 bits per heavy atom. The second kappa shape index (κ2) is 8.47. The monoisotopic (exact) mass is 298 g/mol. The molecule has 4 nitrogen and oxygen atoms in total. The highest BCUT2D eigenvalue weighted by Gasteiger charge is 2.46. The molecule has 1 aliphatic heterocycles. The highest BCUT2D eigenvalue weighted by atomic mass is 16.5. The Morgan fingerprint density at radius 3 is 2.43 bits per heavy atom. The molecule has 1 unspecified atom stereocenters. The minimum Gasteiger partial charge on any atom is -0.379 e. The molecule has 0 aromatic rings. The lowest BCUT2D eigenvalue weighted by molar-refractivity contribution is -0.0556. The Balaban J connectivity index is 2.09. The van der Waals surface area contributed by atoms with Gasteiger partial charge in [0.25, 0.3) is 0 Å². The summed E-state index contributed by atoms with van der Waals surface area (Å²) in [5.74, 6) is 0. The molecule has 21 heavy (non-hydrogen) atoms. The Hall–Kier alpha value is -0.160. The molecular formula is C17H34N2O2. The molecule has 2 rings (SSSR count). The third-order valence-electron chi connectivity index (χ3n) is 5.00. The Morgan fingerprint density at radius 2 is 1.86 bits per heavy atom. The van der Waals surface area contributed by atoms with Gasteiger partial charge in [0.05, 0.1) is 25.9 Å². The maximum Gasteiger partial charge on any atom is 0.0641 e. The third-order valence-corrected chi connectivity index (χ3v) is 5.00. The molecule has 0 aromatic carbocycles. The van der Waals surface area contributed by atoms with Crippen molar-refractivity contribution in [2.75, 3.05) is 39.5 Å². The Kier molecular flexibility index (Phi) is 6.93. The van der Waals surface area contributed by atoms with Crippen LogP contribution in [0.2, 0.25) is 0 Å². The molecule has 1 N–H and O–H groups in total. The molecule has 0 aromatic heterocycles. The van der Waals surface area contributed by atoms with Gasteiger partial charge >= 0.3 is 0 Å². The number of rotatable bonds is 8. The van der Waals surface area contributed by atoms with E-state index in [2.05, 4.69) is 31.0 Å². The van der Waals surface area contributed by atoms with Crippen LogP contribution in [0.5, 0.6) is 0 Å². The average molecular weight is 298 g/mol. The maximum atomic E-state index is 6.01. The van der Waals surface area contributed by atoms with Crippen molar-refractivity contribution in [2.45, 2.75) is 70.6 Å². The SMILES string of the molecule is CCCNC(COC(C)C)C1(N2CCOCC2)CCCC1. The molecule has 1 aliphatic carbocycles. The van der Waals surface area contributed by atoms with Crippen molar-refractivity contribution in [3.05, 3.63) is 0 Å². The van der Waals surface area contributed by atoms with Crippen molar-refractivity contribution < 1.29 is 9.47 Å². The lowest BCUT2D eigenvalue weighted by atomic mass is 9.85. The zero-order chi connectivity index (χ0) is 15.1. The van der Waals surface area contributed by atoms with E-state index in [1.54, 1.807) is 0 Å². The summed E-state index contributed by atoms with van der Waals surface area (Å²) >= 11 is 0. The van der Waals surface area contributed by atoms with Crippen LogP contribution in [0.4, 0.5) is 0 Å². The van der Waals surface area contributed by atoms with Crippen molar-refractivity contribution in [3.63, 3.8) is 0 Å². The second-order valence-corrected chi connectivity index (χ2v) is 6.80. The number of morpholine rings is 1. The number of nitrogens with one attached hydrogen (secondary N) is 1. The highest BCUT2D eigenvalue weighted by Crippen LogP contribution is 2.39. The van der Waals surface area contributed by atoms with Crippen LogP contribution in [0, 0.1) is 0 Å². The molecule has 124 valence electrons. The summed E-state index contributed by atoms with van der Waals surface area (Å²) in [6, 6.07) is 0.445. The predicted octanol–water partition coefficient (Wildman–Crippen LogP) is 2.42. The largest absolute Gasteiger partial charge is 0.379 e. The highest BCUT2D eigenvalue weighted by molar-refractivity contribution is 5.04. The molecule has 1 saturated carbocycles. The zero-order valence-corrected chi connectivity index (χ0v) is 14.2. The van der Waals surface area contributed by atoms with Gasteiger partial charge in [-0.25, -0.2) is 0 Å². The van der Waals surface area contributed by atoms with Crippen LogP contribution in [0.15, 0.2) is 0 Å². The smallest absolute Gasteiger partial charge is 0.0641 e. The van der Waals surface area contributed by atoms with Crippen LogP contribution in [0.25, 0.3) is 0 Å². The summed E-state index contributed by atoms with van der Waals surface area (Å²) in [7, 11) is 0. The van der Waals surface area contributed by atoms with Crippen LogP contribution in [-0.2, 0) is 9.47 Å². The van der Waals surface area contributed by atoms with Crippen molar-refractivity contribution in [1.82, 2.24) is 10.2 Å². The molecule has 1 saturated heterocycles. The quantitative estimate of drug-likeness (QED) is 0.746. The summed E-state index contributed by atoms with van der Waals surface area (Å²) in [6.07, 6.45) is 6.79. The van der Waals surface area contributed by atoms with E-state index >= 15 is 0 Å². The van der Waals surface area contributed by atoms with Gasteiger partial charge in [0, 0.05) is 24.7 Å². The summed E-state index contributed by atoms with van der Waals surface area (Å²) in [6.45, 7) is 12.3. The van der Waals surface area contributed by atoms with E-state index in [9.17, 15) is 0 Å². The van der Waals surface area contributed by atoms with E-state index in [4.69, 9.17) is 9.47 Å². The van der Waals surface area contributed by atoms with Crippen molar-refractivity contribution in [1.29, 1.82) is 0 Å². The second-order valence-electron chi connectivity index (χ2n) is 6.80. The molecule has 0 bridgehead atoms. The maximum absolute atomic E-state index is 6.01. The molecule has 2 aliphatic rings. The Bertz CT molecular complexity index is 285. The van der Waals surface area contributed by atoms with Gasteiger partial charge in [0.1, 0.15) is 0 Å². The molecule has 0 radical (unpaired) electrons. The van der Waals surface area contributed by atoms with Crippen molar-refractivity contribution in [3.8, 4) is 0 Å². The fourth-order valence-corrected chi connectivity index (χ4v) is 3.89. The van der Waals surface area contributed by atoms with Crippen molar-refractivity contribution >= 4 is 0 Å². The van der Waals surface area contributed by atoms with E-state index in [0.29, 0.717) is 12.1 Å². The minimum atomic E-state index is 0.286. The summed E-state index contributed by atoms with van der Waals surface area (Å²) in [4.78, 5) is 2.69. The fraction of sp³-hybridized carbons (Fsp3) is 1.00. The van der Waals surface area contributed by atoms with Crippen LogP contribution in [0.1, 0.15) is 52.9 Å². The van der Waals surface area contributed by atoms with E-state index < -0.39 is 0 Å². The van der Waals surface area contributed by atoms with Crippen molar-refractivity contribution in [2.24, 2.45) is 0 Å². The molecule has 0 amide bonds. The number of hydrogen-bond acceptors (Lipinski definition) is 4. The summed E-state index contributed by atoms with van der Waals surface area (Å²) < 4.78 is 11.6. The van der Waals surface area contributed by atoms with Gasteiger partial charge in [0.15, 0.2) is 0 Å². The first-order valence-electron chi connectivity index (χ1n) is 8.87. The first kappa shape index (κ1) is 17.2. The van der Waals surface area contributed by atoms with Gasteiger partial charge in [0.2, 0.25) is 0 Å². The van der Waals surface area contributed by atoms with Crippen LogP contribution >= 0.6 is 0 Å². The normalized spacial score (nSPS) is 24.6. The first-order valence-corrected chi connectivity index (χ1v) is 8.87. The molecule has 1 atom stereocenters. The molecule has 2 fully saturated rings. The molecule has 1 heterocycles. The van der Waals surface area contributed by atoms with Crippen LogP contribution in [0.3, 0.4) is 0 Å². The average Bonchev–Trinajstić information content (AvgIpc) is 2.99. The van der Waals surface area contributed by atoms with Crippen LogP contribution < -0.4 is 5.32 Å². The van der Waals surface area contributed by atoms with E-state index in [-0.39, 0.29) is 5.54 Å². The number of nitrogens with zero attached hydrogens (tertiary/aromatic N) is 1. The summed E-state index contributed by atoms with van der Waals surface area (Å²) in [5.41, 5.74) is 0.286. The topological polar surface area (TPSA) is 33.7 Å². The van der Waals surface area contributed by atoms with Gasteiger partial charge in [-0.3, -0.25) is 4.90 Å². The Labute approximate surface area is 130 Å². The number of hydrogen-bond donors (Lipinski definition) is 1. The molecule has 0 spiro atoms. The van der Waals surface area contributed by atoms with E-state index in [0.717, 1.165) is 39.5 Å². The molecule has 4 heteroatoms. The van der Waals surface area contributed by atoms with E-state index in [1.165, 1.54) is 32.1 Å². The number of ether oxygens (including phenoxy) is 2. The van der Waals surface area contributed by atoms with Gasteiger partial charge in [-0.05, 0) is 39.7 Å². The minimum absolute atomic E-state index is 0.286. The summed E-state index contributed by atoms with van der Waals surface area (Å²) in [5, 5.41) is 3.80. The first-order chi connectivity index (χ1) is 10.2. The van der Waals surface area contributed by atoms with Gasteiger partial charge in [-0.2, -0.15) is 0 Å². The van der Waals surface area contributed by atoms with Gasteiger partial charge in [-0.1, -0.05) is 19.8 Å². The lowest BCUT2D eigenvalue weighted by Crippen LogP contribution is -2.64. The van der Waals surface area contributed by atoms with Gasteiger partial charge in [-0.15, -0.1) is 0 Å².